The van der Waals surface area contributed by atoms with Gasteiger partial charge in [0, 0.05) is 0 Å². The summed E-state index contributed by atoms with van der Waals surface area (Å²) in [6, 6.07) is 16.0. The zero-order chi connectivity index (χ0) is 23.5. The highest BCUT2D eigenvalue weighted by Crippen LogP contribution is 2.24. The van der Waals surface area contributed by atoms with Gasteiger partial charge in [0.1, 0.15) is 18.1 Å². The van der Waals surface area contributed by atoms with Gasteiger partial charge >= 0.3 is 0 Å². The summed E-state index contributed by atoms with van der Waals surface area (Å²) in [4.78, 5) is 13.1. The number of amides is 1. The molecule has 7 nitrogen and oxygen atoms in total. The molecule has 0 saturated heterocycles. The van der Waals surface area contributed by atoms with Gasteiger partial charge in [-0.25, -0.2) is 0 Å². The Balaban J connectivity index is 1.51. The van der Waals surface area contributed by atoms with Crippen LogP contribution in [0.5, 0.6) is 5.75 Å². The van der Waals surface area contributed by atoms with E-state index >= 15 is 0 Å². The number of hydrogen-bond donors (Lipinski definition) is 1. The first-order valence-electron chi connectivity index (χ1n) is 10.9. The number of benzene rings is 2. The van der Waals surface area contributed by atoms with E-state index in [1.54, 1.807) is 6.92 Å². The van der Waals surface area contributed by atoms with Gasteiger partial charge in [0.2, 0.25) is 0 Å². The monoisotopic (exact) mass is 444 g/mol. The third kappa shape index (κ3) is 4.98. The Kier molecular flexibility index (Phi) is 6.31. The van der Waals surface area contributed by atoms with E-state index in [4.69, 9.17) is 9.26 Å². The van der Waals surface area contributed by atoms with Gasteiger partial charge < -0.3 is 14.6 Å². The van der Waals surface area contributed by atoms with Crippen molar-refractivity contribution in [1.29, 1.82) is 0 Å². The second kappa shape index (κ2) is 9.32. The first kappa shape index (κ1) is 22.3. The Labute approximate surface area is 193 Å². The average Bonchev–Trinajstić information content (AvgIpc) is 3.27. The molecule has 33 heavy (non-hydrogen) atoms. The van der Waals surface area contributed by atoms with Crippen LogP contribution < -0.4 is 10.1 Å². The summed E-state index contributed by atoms with van der Waals surface area (Å²) in [5.41, 5.74) is 6.63. The molecule has 0 saturated carbocycles. The van der Waals surface area contributed by atoms with E-state index in [9.17, 15) is 4.79 Å². The van der Waals surface area contributed by atoms with Crippen LogP contribution in [0.25, 0.3) is 0 Å². The van der Waals surface area contributed by atoms with Crippen LogP contribution in [0.4, 0.5) is 5.69 Å². The quantitative estimate of drug-likeness (QED) is 0.419. The van der Waals surface area contributed by atoms with Gasteiger partial charge in [-0.1, -0.05) is 52.7 Å². The minimum atomic E-state index is -0.351. The van der Waals surface area contributed by atoms with Crippen LogP contribution in [-0.4, -0.2) is 20.8 Å². The first-order valence-corrected chi connectivity index (χ1v) is 10.9. The zero-order valence-corrected chi connectivity index (χ0v) is 19.6. The molecule has 0 aliphatic heterocycles. The van der Waals surface area contributed by atoms with E-state index in [2.05, 4.69) is 40.7 Å². The topological polar surface area (TPSA) is 82.2 Å². The van der Waals surface area contributed by atoms with Gasteiger partial charge in [-0.05, 0) is 52.3 Å². The van der Waals surface area contributed by atoms with Crippen LogP contribution >= 0.6 is 0 Å². The van der Waals surface area contributed by atoms with Crippen molar-refractivity contribution in [2.24, 2.45) is 0 Å². The lowest BCUT2D eigenvalue weighted by Gasteiger charge is -2.09. The van der Waals surface area contributed by atoms with Crippen molar-refractivity contribution in [3.8, 4) is 5.75 Å². The molecule has 2 aromatic carbocycles. The Morgan fingerprint density at radius 2 is 1.79 bits per heavy atom. The lowest BCUT2D eigenvalue weighted by Crippen LogP contribution is -2.16. The van der Waals surface area contributed by atoms with Crippen molar-refractivity contribution in [1.82, 2.24) is 14.9 Å². The second-order valence-corrected chi connectivity index (χ2v) is 8.31. The van der Waals surface area contributed by atoms with Crippen LogP contribution in [0.15, 0.2) is 53.1 Å². The van der Waals surface area contributed by atoms with Crippen LogP contribution in [0, 0.1) is 34.6 Å². The molecular formula is C26H28N4O3. The van der Waals surface area contributed by atoms with Crippen molar-refractivity contribution in [2.45, 2.75) is 47.8 Å². The molecule has 7 heteroatoms. The minimum absolute atomic E-state index is 0.186. The fourth-order valence-electron chi connectivity index (χ4n) is 3.72. The van der Waals surface area contributed by atoms with E-state index in [-0.39, 0.29) is 18.2 Å². The standard InChI is InChI=1S/C26H28N4O3/c1-16-9-11-22(12-10-16)32-15-23-20(5)33-29-25(23)26(31)27-24-18(3)28-30(19(24)4)14-21-8-6-7-17(2)13-21/h6-13H,14-15H2,1-5H3,(H,27,31). The average molecular weight is 445 g/mol. The summed E-state index contributed by atoms with van der Waals surface area (Å²) >= 11 is 0. The highest BCUT2D eigenvalue weighted by atomic mass is 16.5. The molecular weight excluding hydrogens is 416 g/mol. The number of carbonyl (C=O) groups is 1. The van der Waals surface area contributed by atoms with E-state index in [1.807, 2.05) is 55.8 Å². The summed E-state index contributed by atoms with van der Waals surface area (Å²) in [5.74, 6) is 0.920. The summed E-state index contributed by atoms with van der Waals surface area (Å²) in [5, 5.41) is 11.6. The smallest absolute Gasteiger partial charge is 0.278 e. The number of nitrogens with zero attached hydrogens (tertiary/aromatic N) is 3. The first-order chi connectivity index (χ1) is 15.8. The molecule has 1 N–H and O–H groups in total. The zero-order valence-electron chi connectivity index (χ0n) is 19.6. The molecule has 0 fully saturated rings. The number of anilines is 1. The number of aryl methyl sites for hydroxylation is 4. The number of hydrogen-bond acceptors (Lipinski definition) is 5. The molecule has 0 aliphatic rings. The van der Waals surface area contributed by atoms with E-state index in [0.29, 0.717) is 23.6 Å². The number of aromatic nitrogens is 3. The lowest BCUT2D eigenvalue weighted by molar-refractivity contribution is 0.101. The Morgan fingerprint density at radius 1 is 1.03 bits per heavy atom. The van der Waals surface area contributed by atoms with Crippen LogP contribution in [0.1, 0.15) is 49.9 Å². The Bertz CT molecular complexity index is 1290. The van der Waals surface area contributed by atoms with Gasteiger partial charge in [0.05, 0.1) is 29.2 Å². The molecule has 2 heterocycles. The third-order valence-corrected chi connectivity index (χ3v) is 5.64. The van der Waals surface area contributed by atoms with Crippen molar-refractivity contribution in [3.63, 3.8) is 0 Å². The number of ether oxygens (including phenoxy) is 1. The maximum absolute atomic E-state index is 13.1. The van der Waals surface area contributed by atoms with Gasteiger partial charge in [-0.2, -0.15) is 5.10 Å². The van der Waals surface area contributed by atoms with Gasteiger partial charge in [0.15, 0.2) is 5.69 Å². The van der Waals surface area contributed by atoms with Crippen molar-refractivity contribution in [2.75, 3.05) is 5.32 Å². The van der Waals surface area contributed by atoms with E-state index < -0.39 is 0 Å². The van der Waals surface area contributed by atoms with Gasteiger partial charge in [-0.3, -0.25) is 9.48 Å². The molecule has 0 unspecified atom stereocenters. The predicted molar refractivity (Wildman–Crippen MR) is 127 cm³/mol. The highest BCUT2D eigenvalue weighted by molar-refractivity contribution is 6.04. The lowest BCUT2D eigenvalue weighted by atomic mass is 10.1. The molecule has 0 atom stereocenters. The third-order valence-electron chi connectivity index (χ3n) is 5.64. The molecule has 0 bridgehead atoms. The minimum Gasteiger partial charge on any atom is -0.489 e. The maximum atomic E-state index is 13.1. The largest absolute Gasteiger partial charge is 0.489 e. The van der Waals surface area contributed by atoms with Gasteiger partial charge in [-0.15, -0.1) is 0 Å². The van der Waals surface area contributed by atoms with Crippen LogP contribution in [0.2, 0.25) is 0 Å². The Hall–Kier alpha value is -3.87. The fourth-order valence-corrected chi connectivity index (χ4v) is 3.72. The summed E-state index contributed by atoms with van der Waals surface area (Å²) in [7, 11) is 0. The van der Waals surface area contributed by atoms with Crippen LogP contribution in [0.3, 0.4) is 0 Å². The highest BCUT2D eigenvalue weighted by Gasteiger charge is 2.23. The molecule has 0 radical (unpaired) electrons. The van der Waals surface area contributed by atoms with Crippen molar-refractivity contribution >= 4 is 11.6 Å². The summed E-state index contributed by atoms with van der Waals surface area (Å²) < 4.78 is 13.1. The molecule has 1 amide bonds. The molecule has 0 spiro atoms. The van der Waals surface area contributed by atoms with E-state index in [1.165, 1.54) is 5.56 Å². The maximum Gasteiger partial charge on any atom is 0.278 e. The number of nitrogens with one attached hydrogen (secondary N) is 1. The summed E-state index contributed by atoms with van der Waals surface area (Å²) in [6.07, 6.45) is 0. The van der Waals surface area contributed by atoms with Gasteiger partial charge in [0.25, 0.3) is 5.91 Å². The van der Waals surface area contributed by atoms with Crippen LogP contribution in [-0.2, 0) is 13.2 Å². The Morgan fingerprint density at radius 3 is 2.52 bits per heavy atom. The SMILES string of the molecule is Cc1ccc(OCc2c(C(=O)Nc3c(C)nn(Cc4cccc(C)c4)c3C)noc2C)cc1. The van der Waals surface area contributed by atoms with E-state index in [0.717, 1.165) is 28.3 Å². The number of rotatable bonds is 7. The van der Waals surface area contributed by atoms with Crippen molar-refractivity contribution in [3.05, 3.63) is 93.6 Å². The molecule has 0 aliphatic carbocycles. The number of carbonyl (C=O) groups excluding carboxylic acids is 1. The molecule has 170 valence electrons. The second-order valence-electron chi connectivity index (χ2n) is 8.31. The predicted octanol–water partition coefficient (Wildman–Crippen LogP) is 5.29. The fraction of sp³-hybridized carbons (Fsp3) is 0.269. The molecule has 4 aromatic rings. The normalized spacial score (nSPS) is 10.9. The molecule has 2 aromatic heterocycles. The van der Waals surface area contributed by atoms with Crippen molar-refractivity contribution < 1.29 is 14.1 Å². The summed E-state index contributed by atoms with van der Waals surface area (Å²) in [6.45, 7) is 10.5. The molecule has 4 rings (SSSR count).